The summed E-state index contributed by atoms with van der Waals surface area (Å²) < 4.78 is 0. The molecule has 1 atom stereocenters. The monoisotopic (exact) mass is 267 g/mol. The van der Waals surface area contributed by atoms with Crippen molar-refractivity contribution >= 4 is 5.91 Å². The molecule has 4 heteroatoms. The van der Waals surface area contributed by atoms with Crippen molar-refractivity contribution in [1.29, 1.82) is 0 Å². The molecule has 2 rings (SSSR count). The van der Waals surface area contributed by atoms with Crippen LogP contribution in [0.3, 0.4) is 0 Å². The number of carbonyl (C=O) groups excluding carboxylic acids is 1. The second-order valence-corrected chi connectivity index (χ2v) is 6.05. The molecule has 1 N–H and O–H groups in total. The summed E-state index contributed by atoms with van der Waals surface area (Å²) in [5.41, 5.74) is 0. The van der Waals surface area contributed by atoms with Crippen molar-refractivity contribution in [2.75, 3.05) is 32.7 Å². The third kappa shape index (κ3) is 4.18. The molecule has 2 fully saturated rings. The van der Waals surface area contributed by atoms with E-state index in [1.807, 2.05) is 4.90 Å². The molecule has 0 aromatic carbocycles. The van der Waals surface area contributed by atoms with Crippen molar-refractivity contribution in [3.05, 3.63) is 0 Å². The number of piperazine rings is 1. The Kier molecular flexibility index (Phi) is 5.64. The van der Waals surface area contributed by atoms with Crippen LogP contribution in [0.2, 0.25) is 0 Å². The quantitative estimate of drug-likeness (QED) is 0.819. The minimum Gasteiger partial charge on any atom is -0.339 e. The number of amides is 1. The zero-order valence-electron chi connectivity index (χ0n) is 12.5. The summed E-state index contributed by atoms with van der Waals surface area (Å²) in [4.78, 5) is 16.7. The Morgan fingerprint density at radius 1 is 1.21 bits per heavy atom. The van der Waals surface area contributed by atoms with Crippen LogP contribution in [-0.4, -0.2) is 60.5 Å². The number of rotatable bonds is 5. The molecule has 2 aliphatic rings. The molecule has 19 heavy (non-hydrogen) atoms. The lowest BCUT2D eigenvalue weighted by molar-refractivity contribution is -0.132. The van der Waals surface area contributed by atoms with E-state index in [1.165, 1.54) is 25.7 Å². The van der Waals surface area contributed by atoms with Crippen LogP contribution in [0.25, 0.3) is 0 Å². The highest BCUT2D eigenvalue weighted by Gasteiger charge is 2.27. The summed E-state index contributed by atoms with van der Waals surface area (Å²) in [5.74, 6) is 0.270. The minimum absolute atomic E-state index is 0.270. The molecule has 0 spiro atoms. The number of hydrogen-bond donors (Lipinski definition) is 1. The van der Waals surface area contributed by atoms with Gasteiger partial charge >= 0.3 is 0 Å². The summed E-state index contributed by atoms with van der Waals surface area (Å²) in [7, 11) is 0. The van der Waals surface area contributed by atoms with Crippen LogP contribution < -0.4 is 5.32 Å². The molecule has 1 amide bonds. The maximum absolute atomic E-state index is 12.1. The lowest BCUT2D eigenvalue weighted by atomic mass is 10.2. The fraction of sp³-hybridized carbons (Fsp3) is 0.933. The molecule has 110 valence electrons. The molecular formula is C15H29N3O. The van der Waals surface area contributed by atoms with Crippen molar-refractivity contribution in [2.45, 2.75) is 58.0 Å². The molecule has 0 aromatic rings. The summed E-state index contributed by atoms with van der Waals surface area (Å²) in [6, 6.07) is 1.24. The van der Waals surface area contributed by atoms with Crippen molar-refractivity contribution in [3.63, 3.8) is 0 Å². The first kappa shape index (κ1) is 14.8. The maximum atomic E-state index is 12.1. The van der Waals surface area contributed by atoms with Crippen molar-refractivity contribution in [2.24, 2.45) is 0 Å². The average molecular weight is 267 g/mol. The fourth-order valence-corrected chi connectivity index (χ4v) is 3.12. The Balaban J connectivity index is 1.68. The largest absolute Gasteiger partial charge is 0.339 e. The van der Waals surface area contributed by atoms with Gasteiger partial charge in [0.25, 0.3) is 0 Å². The second kappa shape index (κ2) is 7.25. The number of carbonyl (C=O) groups is 1. The molecule has 0 radical (unpaired) electrons. The SMILES string of the molecule is CCC(C)NCC(=O)N1CCN(C2CCCC2)CC1. The van der Waals surface area contributed by atoms with E-state index in [0.717, 1.165) is 38.6 Å². The van der Waals surface area contributed by atoms with Crippen molar-refractivity contribution in [1.82, 2.24) is 15.1 Å². The van der Waals surface area contributed by atoms with Gasteiger partial charge in [0.1, 0.15) is 0 Å². The van der Waals surface area contributed by atoms with Crippen LogP contribution in [-0.2, 0) is 4.79 Å². The number of nitrogens with one attached hydrogen (secondary N) is 1. The van der Waals surface area contributed by atoms with Gasteiger partial charge in [0, 0.05) is 38.3 Å². The summed E-state index contributed by atoms with van der Waals surface area (Å²) in [5, 5.41) is 3.29. The van der Waals surface area contributed by atoms with E-state index < -0.39 is 0 Å². The molecule has 0 bridgehead atoms. The predicted octanol–water partition coefficient (Wildman–Crippen LogP) is 1.46. The van der Waals surface area contributed by atoms with Crippen LogP contribution in [0.4, 0.5) is 0 Å². The first-order chi connectivity index (χ1) is 9.20. The van der Waals surface area contributed by atoms with E-state index in [9.17, 15) is 4.79 Å². The Hall–Kier alpha value is -0.610. The summed E-state index contributed by atoms with van der Waals surface area (Å²) in [6.07, 6.45) is 6.58. The van der Waals surface area contributed by atoms with Gasteiger partial charge in [-0.25, -0.2) is 0 Å². The highest BCUT2D eigenvalue weighted by Crippen LogP contribution is 2.24. The third-order valence-corrected chi connectivity index (χ3v) is 4.72. The standard InChI is InChI=1S/C15H29N3O/c1-3-13(2)16-12-15(19)18-10-8-17(9-11-18)14-6-4-5-7-14/h13-14,16H,3-12H2,1-2H3. The molecule has 4 nitrogen and oxygen atoms in total. The number of hydrogen-bond acceptors (Lipinski definition) is 3. The molecule has 1 aliphatic heterocycles. The lowest BCUT2D eigenvalue weighted by Gasteiger charge is -2.38. The average Bonchev–Trinajstić information content (AvgIpc) is 2.98. The molecule has 1 saturated heterocycles. The van der Waals surface area contributed by atoms with Gasteiger partial charge in [-0.05, 0) is 26.2 Å². The van der Waals surface area contributed by atoms with Crippen LogP contribution in [0, 0.1) is 0 Å². The van der Waals surface area contributed by atoms with Gasteiger partial charge in [0.05, 0.1) is 6.54 Å². The lowest BCUT2D eigenvalue weighted by Crippen LogP contribution is -2.53. The van der Waals surface area contributed by atoms with Gasteiger partial charge in [-0.2, -0.15) is 0 Å². The second-order valence-electron chi connectivity index (χ2n) is 6.05. The Morgan fingerprint density at radius 3 is 2.42 bits per heavy atom. The van der Waals surface area contributed by atoms with Gasteiger partial charge in [0.15, 0.2) is 0 Å². The summed E-state index contributed by atoms with van der Waals surface area (Å²) >= 11 is 0. The van der Waals surface area contributed by atoms with E-state index in [0.29, 0.717) is 12.6 Å². The van der Waals surface area contributed by atoms with Crippen LogP contribution in [0.15, 0.2) is 0 Å². The molecule has 1 saturated carbocycles. The van der Waals surface area contributed by atoms with Crippen molar-refractivity contribution < 1.29 is 4.79 Å². The minimum atomic E-state index is 0.270. The van der Waals surface area contributed by atoms with Gasteiger partial charge in [-0.1, -0.05) is 19.8 Å². The van der Waals surface area contributed by atoms with E-state index in [4.69, 9.17) is 0 Å². The van der Waals surface area contributed by atoms with Gasteiger partial charge < -0.3 is 10.2 Å². The van der Waals surface area contributed by atoms with Crippen LogP contribution >= 0.6 is 0 Å². The van der Waals surface area contributed by atoms with E-state index in [2.05, 4.69) is 24.1 Å². The first-order valence-corrected chi connectivity index (χ1v) is 7.96. The topological polar surface area (TPSA) is 35.6 Å². The van der Waals surface area contributed by atoms with Gasteiger partial charge in [-0.15, -0.1) is 0 Å². The van der Waals surface area contributed by atoms with Gasteiger partial charge in [0.2, 0.25) is 5.91 Å². The predicted molar refractivity (Wildman–Crippen MR) is 78.2 cm³/mol. The zero-order chi connectivity index (χ0) is 13.7. The van der Waals surface area contributed by atoms with Gasteiger partial charge in [-0.3, -0.25) is 9.69 Å². The fourth-order valence-electron chi connectivity index (χ4n) is 3.12. The molecule has 0 aromatic heterocycles. The molecule has 1 heterocycles. The highest BCUT2D eigenvalue weighted by molar-refractivity contribution is 5.78. The highest BCUT2D eigenvalue weighted by atomic mass is 16.2. The third-order valence-electron chi connectivity index (χ3n) is 4.72. The Morgan fingerprint density at radius 2 is 1.84 bits per heavy atom. The normalized spacial score (nSPS) is 23.8. The van der Waals surface area contributed by atoms with E-state index in [1.54, 1.807) is 0 Å². The smallest absolute Gasteiger partial charge is 0.236 e. The van der Waals surface area contributed by atoms with E-state index >= 15 is 0 Å². The molecule has 1 aliphatic carbocycles. The number of nitrogens with zero attached hydrogens (tertiary/aromatic N) is 2. The summed E-state index contributed by atoms with van der Waals surface area (Å²) in [6.45, 7) is 8.74. The van der Waals surface area contributed by atoms with Crippen molar-refractivity contribution in [3.8, 4) is 0 Å². The first-order valence-electron chi connectivity index (χ1n) is 7.96. The Labute approximate surface area is 117 Å². The zero-order valence-corrected chi connectivity index (χ0v) is 12.5. The Bertz CT molecular complexity index is 281. The van der Waals surface area contributed by atoms with Crippen LogP contribution in [0.1, 0.15) is 46.0 Å². The van der Waals surface area contributed by atoms with E-state index in [-0.39, 0.29) is 5.91 Å². The molecular weight excluding hydrogens is 238 g/mol. The molecule has 1 unspecified atom stereocenters. The maximum Gasteiger partial charge on any atom is 0.236 e. The van der Waals surface area contributed by atoms with Crippen LogP contribution in [0.5, 0.6) is 0 Å².